The highest BCUT2D eigenvalue weighted by Crippen LogP contribution is 2.27. The zero-order chi connectivity index (χ0) is 12.1. The third-order valence-electron chi connectivity index (χ3n) is 3.51. The van der Waals surface area contributed by atoms with Gasteiger partial charge in [0.1, 0.15) is 0 Å². The number of aryl methyl sites for hydroxylation is 1. The van der Waals surface area contributed by atoms with E-state index >= 15 is 0 Å². The Morgan fingerprint density at radius 1 is 1.35 bits per heavy atom. The standard InChI is InChI=1S/C13H22N4/c1-17-10-15-9-12(17)13(16-14)11-7-5-3-2-4-6-8-11/h7,9-10,13,16H,2-6,8,14H2,1H3/b11-7+. The fourth-order valence-electron chi connectivity index (χ4n) is 2.51. The van der Waals surface area contributed by atoms with Gasteiger partial charge in [0.25, 0.3) is 0 Å². The monoisotopic (exact) mass is 234 g/mol. The van der Waals surface area contributed by atoms with Crippen molar-refractivity contribution in [2.75, 3.05) is 0 Å². The van der Waals surface area contributed by atoms with Gasteiger partial charge >= 0.3 is 0 Å². The molecule has 17 heavy (non-hydrogen) atoms. The number of aromatic nitrogens is 2. The smallest absolute Gasteiger partial charge is 0.0946 e. The Hall–Kier alpha value is -1.13. The number of hydrogen-bond donors (Lipinski definition) is 2. The van der Waals surface area contributed by atoms with Crippen molar-refractivity contribution in [2.45, 2.75) is 44.6 Å². The molecule has 1 atom stereocenters. The molecular weight excluding hydrogens is 212 g/mol. The number of rotatable bonds is 3. The molecule has 4 heteroatoms. The first-order valence-electron chi connectivity index (χ1n) is 6.44. The van der Waals surface area contributed by atoms with Crippen LogP contribution in [0.15, 0.2) is 24.2 Å². The van der Waals surface area contributed by atoms with Crippen LogP contribution in [-0.2, 0) is 7.05 Å². The Kier molecular flexibility index (Phi) is 4.34. The molecule has 1 unspecified atom stereocenters. The molecule has 0 saturated carbocycles. The van der Waals surface area contributed by atoms with Crippen molar-refractivity contribution >= 4 is 0 Å². The van der Waals surface area contributed by atoms with Crippen LogP contribution in [0.2, 0.25) is 0 Å². The molecule has 0 aromatic carbocycles. The van der Waals surface area contributed by atoms with Crippen molar-refractivity contribution in [3.8, 4) is 0 Å². The quantitative estimate of drug-likeness (QED) is 0.479. The van der Waals surface area contributed by atoms with Crippen LogP contribution >= 0.6 is 0 Å². The Morgan fingerprint density at radius 2 is 2.18 bits per heavy atom. The van der Waals surface area contributed by atoms with E-state index in [0.717, 1.165) is 12.1 Å². The molecule has 1 aromatic heterocycles. The highest BCUT2D eigenvalue weighted by Gasteiger charge is 2.18. The predicted molar refractivity (Wildman–Crippen MR) is 69.1 cm³/mol. The summed E-state index contributed by atoms with van der Waals surface area (Å²) in [7, 11) is 2.01. The molecule has 0 amide bonds. The van der Waals surface area contributed by atoms with Gasteiger partial charge in [-0.1, -0.05) is 24.5 Å². The van der Waals surface area contributed by atoms with E-state index in [2.05, 4.69) is 16.5 Å². The van der Waals surface area contributed by atoms with E-state index in [1.54, 1.807) is 0 Å². The second kappa shape index (κ2) is 5.98. The van der Waals surface area contributed by atoms with E-state index in [1.807, 2.05) is 24.1 Å². The van der Waals surface area contributed by atoms with Gasteiger partial charge in [-0.25, -0.2) is 10.4 Å². The number of nitrogens with two attached hydrogens (primary N) is 1. The van der Waals surface area contributed by atoms with Gasteiger partial charge in [0.05, 0.1) is 24.3 Å². The lowest BCUT2D eigenvalue weighted by Gasteiger charge is -2.21. The van der Waals surface area contributed by atoms with Gasteiger partial charge in [-0.3, -0.25) is 5.84 Å². The van der Waals surface area contributed by atoms with Gasteiger partial charge in [0, 0.05) is 7.05 Å². The van der Waals surface area contributed by atoms with Gasteiger partial charge < -0.3 is 4.57 Å². The SMILES string of the molecule is Cn1cncc1C(NN)/C1=C/CCCCCC1. The third kappa shape index (κ3) is 2.96. The summed E-state index contributed by atoms with van der Waals surface area (Å²) in [5.41, 5.74) is 5.49. The van der Waals surface area contributed by atoms with Crippen LogP contribution in [0.4, 0.5) is 0 Å². The molecule has 0 aliphatic heterocycles. The fourth-order valence-corrected chi connectivity index (χ4v) is 2.51. The van der Waals surface area contributed by atoms with Crippen LogP contribution in [0.5, 0.6) is 0 Å². The molecule has 0 saturated heterocycles. The topological polar surface area (TPSA) is 55.9 Å². The van der Waals surface area contributed by atoms with Crippen LogP contribution in [0.1, 0.15) is 50.3 Å². The van der Waals surface area contributed by atoms with Gasteiger partial charge in [0.2, 0.25) is 0 Å². The van der Waals surface area contributed by atoms with Gasteiger partial charge in [-0.05, 0) is 25.7 Å². The van der Waals surface area contributed by atoms with Crippen LogP contribution in [0.3, 0.4) is 0 Å². The number of hydrogen-bond acceptors (Lipinski definition) is 3. The van der Waals surface area contributed by atoms with Crippen molar-refractivity contribution in [1.29, 1.82) is 0 Å². The van der Waals surface area contributed by atoms with E-state index in [1.165, 1.54) is 37.7 Å². The number of allylic oxidation sites excluding steroid dienone is 1. The Labute approximate surface area is 103 Å². The first-order chi connectivity index (χ1) is 8.33. The lowest BCUT2D eigenvalue weighted by atomic mass is 9.94. The molecule has 3 N–H and O–H groups in total. The zero-order valence-corrected chi connectivity index (χ0v) is 10.5. The molecule has 1 aromatic rings. The molecule has 2 rings (SSSR count). The minimum absolute atomic E-state index is 0.112. The summed E-state index contributed by atoms with van der Waals surface area (Å²) in [5, 5.41) is 0. The molecule has 0 bridgehead atoms. The van der Waals surface area contributed by atoms with Crippen molar-refractivity contribution in [3.05, 3.63) is 29.9 Å². The number of imidazole rings is 1. The van der Waals surface area contributed by atoms with E-state index in [9.17, 15) is 0 Å². The Balaban J connectivity index is 2.19. The molecule has 0 radical (unpaired) electrons. The first kappa shape index (κ1) is 12.3. The zero-order valence-electron chi connectivity index (χ0n) is 10.5. The number of nitrogens with one attached hydrogen (secondary N) is 1. The molecular formula is C13H22N4. The molecule has 0 fully saturated rings. The van der Waals surface area contributed by atoms with Crippen LogP contribution in [0, 0.1) is 0 Å². The number of nitrogens with zero attached hydrogens (tertiary/aromatic N) is 2. The van der Waals surface area contributed by atoms with Crippen LogP contribution in [-0.4, -0.2) is 9.55 Å². The second-order valence-electron chi connectivity index (χ2n) is 4.76. The lowest BCUT2D eigenvalue weighted by molar-refractivity contribution is 0.536. The normalized spacial score (nSPS) is 22.4. The molecule has 1 aliphatic rings. The van der Waals surface area contributed by atoms with E-state index in [4.69, 9.17) is 5.84 Å². The summed E-state index contributed by atoms with van der Waals surface area (Å²) in [6, 6.07) is 0.112. The van der Waals surface area contributed by atoms with Crippen LogP contribution < -0.4 is 11.3 Å². The summed E-state index contributed by atoms with van der Waals surface area (Å²) in [5.74, 6) is 5.72. The van der Waals surface area contributed by atoms with Crippen molar-refractivity contribution in [3.63, 3.8) is 0 Å². The largest absolute Gasteiger partial charge is 0.336 e. The summed E-state index contributed by atoms with van der Waals surface area (Å²) in [6.45, 7) is 0. The average molecular weight is 234 g/mol. The average Bonchev–Trinajstić information content (AvgIpc) is 2.69. The maximum Gasteiger partial charge on any atom is 0.0946 e. The van der Waals surface area contributed by atoms with Crippen LogP contribution in [0.25, 0.3) is 0 Å². The second-order valence-corrected chi connectivity index (χ2v) is 4.76. The van der Waals surface area contributed by atoms with E-state index < -0.39 is 0 Å². The van der Waals surface area contributed by atoms with Crippen molar-refractivity contribution in [1.82, 2.24) is 15.0 Å². The predicted octanol–water partition coefficient (Wildman–Crippen LogP) is 2.21. The maximum atomic E-state index is 5.72. The molecule has 1 aliphatic carbocycles. The summed E-state index contributed by atoms with van der Waals surface area (Å²) < 4.78 is 2.03. The third-order valence-corrected chi connectivity index (χ3v) is 3.51. The van der Waals surface area contributed by atoms with E-state index in [0.29, 0.717) is 0 Å². The highest BCUT2D eigenvalue weighted by molar-refractivity contribution is 5.21. The van der Waals surface area contributed by atoms with Crippen molar-refractivity contribution < 1.29 is 0 Å². The Morgan fingerprint density at radius 3 is 2.88 bits per heavy atom. The number of hydrazine groups is 1. The minimum atomic E-state index is 0.112. The lowest BCUT2D eigenvalue weighted by Crippen LogP contribution is -2.31. The highest BCUT2D eigenvalue weighted by atomic mass is 15.2. The van der Waals surface area contributed by atoms with Gasteiger partial charge in [-0.2, -0.15) is 0 Å². The van der Waals surface area contributed by atoms with E-state index in [-0.39, 0.29) is 6.04 Å². The fraction of sp³-hybridized carbons (Fsp3) is 0.615. The molecule has 4 nitrogen and oxygen atoms in total. The summed E-state index contributed by atoms with van der Waals surface area (Å²) in [4.78, 5) is 4.17. The summed E-state index contributed by atoms with van der Waals surface area (Å²) in [6.07, 6.45) is 13.6. The summed E-state index contributed by atoms with van der Waals surface area (Å²) >= 11 is 0. The molecule has 1 heterocycles. The van der Waals surface area contributed by atoms with Crippen molar-refractivity contribution in [2.24, 2.45) is 12.9 Å². The first-order valence-corrected chi connectivity index (χ1v) is 6.44. The molecule has 0 spiro atoms. The van der Waals surface area contributed by atoms with Gasteiger partial charge in [-0.15, -0.1) is 0 Å². The van der Waals surface area contributed by atoms with Gasteiger partial charge in [0.15, 0.2) is 0 Å². The molecule has 94 valence electrons. The maximum absolute atomic E-state index is 5.72. The minimum Gasteiger partial charge on any atom is -0.336 e. The Bertz CT molecular complexity index is 381.